The molecule has 1 aliphatic carbocycles. The summed E-state index contributed by atoms with van der Waals surface area (Å²) >= 11 is 0. The van der Waals surface area contributed by atoms with E-state index in [1.54, 1.807) is 18.2 Å². The van der Waals surface area contributed by atoms with Crippen molar-refractivity contribution in [2.24, 2.45) is 5.73 Å². The average Bonchev–Trinajstić information content (AvgIpc) is 2.29. The Morgan fingerprint density at radius 2 is 1.94 bits per heavy atom. The van der Waals surface area contributed by atoms with E-state index in [1.165, 1.54) is 6.08 Å². The number of nitrogens with two attached hydrogens (primary N) is 1. The van der Waals surface area contributed by atoms with Crippen molar-refractivity contribution in [3.8, 4) is 0 Å². The molecule has 0 saturated heterocycles. The molecule has 0 aromatic heterocycles. The van der Waals surface area contributed by atoms with Crippen molar-refractivity contribution in [2.45, 2.75) is 18.5 Å². The lowest BCUT2D eigenvalue weighted by Gasteiger charge is -2.29. The minimum atomic E-state index is -1.06. The van der Waals surface area contributed by atoms with Gasteiger partial charge in [-0.15, -0.1) is 0 Å². The lowest BCUT2D eigenvalue weighted by Crippen LogP contribution is -2.50. The number of hydrogen-bond acceptors (Lipinski definition) is 3. The summed E-state index contributed by atoms with van der Waals surface area (Å²) in [5.41, 5.74) is 6.99. The van der Waals surface area contributed by atoms with Gasteiger partial charge >= 0.3 is 0 Å². The van der Waals surface area contributed by atoms with E-state index in [4.69, 9.17) is 5.73 Å². The van der Waals surface area contributed by atoms with Crippen LogP contribution in [0, 0.1) is 17.0 Å². The first-order chi connectivity index (χ1) is 8.04. The minimum absolute atomic E-state index is 0.347. The molecule has 4 heteroatoms. The van der Waals surface area contributed by atoms with Crippen molar-refractivity contribution < 1.29 is 4.92 Å². The van der Waals surface area contributed by atoms with E-state index in [0.717, 1.165) is 11.1 Å². The fourth-order valence-corrected chi connectivity index (χ4v) is 2.00. The fourth-order valence-electron chi connectivity index (χ4n) is 2.00. The van der Waals surface area contributed by atoms with Gasteiger partial charge in [-0.1, -0.05) is 48.1 Å². The Kier molecular flexibility index (Phi) is 2.81. The average molecular weight is 230 g/mol. The van der Waals surface area contributed by atoms with E-state index in [0.29, 0.717) is 0 Å². The second-order valence-corrected chi connectivity index (χ2v) is 4.27. The highest BCUT2D eigenvalue weighted by atomic mass is 16.6. The molecule has 4 nitrogen and oxygen atoms in total. The zero-order valence-electron chi connectivity index (χ0n) is 9.54. The van der Waals surface area contributed by atoms with Crippen LogP contribution < -0.4 is 5.73 Å². The summed E-state index contributed by atoms with van der Waals surface area (Å²) in [4.78, 5) is 10.7. The number of rotatable bonds is 2. The van der Waals surface area contributed by atoms with E-state index in [9.17, 15) is 10.1 Å². The standard InChI is InChI=1S/C13H14N2O2/c1-10-5-7-11(8-6-10)13(14)9-3-2-4-12(13)15(16)17/h2-9,12H,14H2,1H3. The van der Waals surface area contributed by atoms with Gasteiger partial charge in [0, 0.05) is 4.92 Å². The van der Waals surface area contributed by atoms with Gasteiger partial charge in [-0.25, -0.2) is 0 Å². The highest BCUT2D eigenvalue weighted by molar-refractivity contribution is 5.38. The number of nitrogens with zero attached hydrogens (tertiary/aromatic N) is 1. The molecule has 2 rings (SSSR count). The maximum absolute atomic E-state index is 11.1. The van der Waals surface area contributed by atoms with Gasteiger partial charge in [0.25, 0.3) is 6.04 Å². The molecule has 17 heavy (non-hydrogen) atoms. The van der Waals surface area contributed by atoms with Crippen LogP contribution in [0.4, 0.5) is 0 Å². The third kappa shape index (κ3) is 1.99. The fraction of sp³-hybridized carbons (Fsp3) is 0.231. The second-order valence-electron chi connectivity index (χ2n) is 4.27. The number of allylic oxidation sites excluding steroid dienone is 2. The van der Waals surface area contributed by atoms with Crippen LogP contribution in [0.5, 0.6) is 0 Å². The quantitative estimate of drug-likeness (QED) is 0.623. The number of hydrogen-bond donors (Lipinski definition) is 1. The summed E-state index contributed by atoms with van der Waals surface area (Å²) in [5, 5.41) is 11.1. The minimum Gasteiger partial charge on any atom is -0.312 e. The van der Waals surface area contributed by atoms with Gasteiger partial charge in [-0.2, -0.15) is 0 Å². The number of nitro groups is 1. The maximum atomic E-state index is 11.1. The van der Waals surface area contributed by atoms with Gasteiger partial charge in [0.15, 0.2) is 0 Å². The summed E-state index contributed by atoms with van der Waals surface area (Å²) in [6.45, 7) is 1.97. The van der Waals surface area contributed by atoms with E-state index < -0.39 is 11.6 Å². The Bertz CT molecular complexity index is 491. The third-order valence-corrected chi connectivity index (χ3v) is 3.04. The van der Waals surface area contributed by atoms with Gasteiger partial charge in [-0.3, -0.25) is 10.1 Å². The van der Waals surface area contributed by atoms with Crippen LogP contribution in [-0.2, 0) is 5.54 Å². The van der Waals surface area contributed by atoms with Crippen molar-refractivity contribution >= 4 is 0 Å². The Morgan fingerprint density at radius 3 is 2.53 bits per heavy atom. The first kappa shape index (κ1) is 11.5. The Balaban J connectivity index is 2.46. The monoisotopic (exact) mass is 230 g/mol. The first-order valence-electron chi connectivity index (χ1n) is 5.39. The zero-order valence-corrected chi connectivity index (χ0v) is 9.54. The molecule has 2 N–H and O–H groups in total. The van der Waals surface area contributed by atoms with Crippen LogP contribution in [-0.4, -0.2) is 11.0 Å². The lowest BCUT2D eigenvalue weighted by atomic mass is 9.81. The van der Waals surface area contributed by atoms with Crippen LogP contribution in [0.3, 0.4) is 0 Å². The lowest BCUT2D eigenvalue weighted by molar-refractivity contribution is -0.519. The van der Waals surface area contributed by atoms with Crippen molar-refractivity contribution in [1.29, 1.82) is 0 Å². The molecule has 0 bridgehead atoms. The van der Waals surface area contributed by atoms with E-state index in [1.807, 2.05) is 31.2 Å². The van der Waals surface area contributed by atoms with Gasteiger partial charge < -0.3 is 5.73 Å². The SMILES string of the molecule is Cc1ccc(C2(N)C=CC=CC2[N+](=O)[O-])cc1. The molecule has 1 aliphatic rings. The van der Waals surface area contributed by atoms with Crippen molar-refractivity contribution in [3.63, 3.8) is 0 Å². The topological polar surface area (TPSA) is 69.2 Å². The largest absolute Gasteiger partial charge is 0.312 e. The highest BCUT2D eigenvalue weighted by Gasteiger charge is 2.42. The third-order valence-electron chi connectivity index (χ3n) is 3.04. The first-order valence-corrected chi connectivity index (χ1v) is 5.39. The molecule has 0 saturated carbocycles. The van der Waals surface area contributed by atoms with Crippen LogP contribution in [0.25, 0.3) is 0 Å². The van der Waals surface area contributed by atoms with Gasteiger partial charge in [-0.05, 0) is 18.6 Å². The normalized spacial score (nSPS) is 27.1. The second kappa shape index (κ2) is 4.14. The summed E-state index contributed by atoms with van der Waals surface area (Å²) in [7, 11) is 0. The van der Waals surface area contributed by atoms with E-state index in [2.05, 4.69) is 0 Å². The summed E-state index contributed by atoms with van der Waals surface area (Å²) in [5.74, 6) is 0. The molecular weight excluding hydrogens is 216 g/mol. The smallest absolute Gasteiger partial charge is 0.256 e. The molecule has 0 spiro atoms. The summed E-state index contributed by atoms with van der Waals surface area (Å²) in [6, 6.07) is 6.58. The van der Waals surface area contributed by atoms with Crippen LogP contribution in [0.1, 0.15) is 11.1 Å². The van der Waals surface area contributed by atoms with E-state index in [-0.39, 0.29) is 4.92 Å². The molecule has 0 radical (unpaired) electrons. The molecule has 88 valence electrons. The van der Waals surface area contributed by atoms with Crippen molar-refractivity contribution in [3.05, 3.63) is 69.8 Å². The molecular formula is C13H14N2O2. The predicted molar refractivity (Wildman–Crippen MR) is 66.1 cm³/mol. The van der Waals surface area contributed by atoms with Crippen LogP contribution >= 0.6 is 0 Å². The highest BCUT2D eigenvalue weighted by Crippen LogP contribution is 2.29. The van der Waals surface area contributed by atoms with Crippen LogP contribution in [0.2, 0.25) is 0 Å². The van der Waals surface area contributed by atoms with Gasteiger partial charge in [0.05, 0.1) is 0 Å². The number of benzene rings is 1. The molecule has 0 aliphatic heterocycles. The van der Waals surface area contributed by atoms with E-state index >= 15 is 0 Å². The Morgan fingerprint density at radius 1 is 1.29 bits per heavy atom. The predicted octanol–water partition coefficient (Wildman–Crippen LogP) is 1.92. The maximum Gasteiger partial charge on any atom is 0.256 e. The molecule has 0 fully saturated rings. The Hall–Kier alpha value is -1.94. The van der Waals surface area contributed by atoms with Gasteiger partial charge in [0.1, 0.15) is 5.54 Å². The summed E-state index contributed by atoms with van der Waals surface area (Å²) in [6.07, 6.45) is 6.62. The molecule has 0 amide bonds. The number of aryl methyl sites for hydroxylation is 1. The van der Waals surface area contributed by atoms with Crippen molar-refractivity contribution in [1.82, 2.24) is 0 Å². The van der Waals surface area contributed by atoms with Gasteiger partial charge in [0.2, 0.25) is 0 Å². The molecule has 2 unspecified atom stereocenters. The zero-order chi connectivity index (χ0) is 12.5. The van der Waals surface area contributed by atoms with Crippen molar-refractivity contribution in [2.75, 3.05) is 0 Å². The molecule has 2 atom stereocenters. The van der Waals surface area contributed by atoms with Crippen LogP contribution in [0.15, 0.2) is 48.6 Å². The molecule has 1 aromatic rings. The molecule has 1 aromatic carbocycles. The Labute approximate surface area is 99.6 Å². The molecule has 0 heterocycles. The summed E-state index contributed by atoms with van der Waals surface area (Å²) < 4.78 is 0.